The zero-order valence-corrected chi connectivity index (χ0v) is 17.5. The average Bonchev–Trinajstić information content (AvgIpc) is 2.81. The van der Waals surface area contributed by atoms with Crippen molar-refractivity contribution in [3.63, 3.8) is 0 Å². The number of nitrogens with one attached hydrogen (secondary N) is 1. The van der Waals surface area contributed by atoms with E-state index in [1.54, 1.807) is 36.4 Å². The molecule has 0 bridgehead atoms. The Hall–Kier alpha value is -3.20. The van der Waals surface area contributed by atoms with Crippen LogP contribution >= 0.6 is 0 Å². The van der Waals surface area contributed by atoms with Crippen LogP contribution in [0.1, 0.15) is 10.4 Å². The van der Waals surface area contributed by atoms with Gasteiger partial charge in [0.15, 0.2) is 0 Å². The number of sulfonamides is 1. The maximum atomic E-state index is 13.1. The van der Waals surface area contributed by atoms with Crippen LogP contribution in [-0.2, 0) is 14.8 Å². The van der Waals surface area contributed by atoms with Gasteiger partial charge in [-0.25, -0.2) is 8.42 Å². The van der Waals surface area contributed by atoms with Gasteiger partial charge < -0.3 is 14.8 Å². The van der Waals surface area contributed by atoms with Crippen molar-refractivity contribution >= 4 is 21.6 Å². The first-order valence-electron chi connectivity index (χ1n) is 9.85. The van der Waals surface area contributed by atoms with E-state index in [-0.39, 0.29) is 23.5 Å². The number of amides is 1. The molecule has 0 unspecified atom stereocenters. The normalized spacial score (nSPS) is 14.7. The Labute approximate surface area is 181 Å². The molecule has 0 radical (unpaired) electrons. The van der Waals surface area contributed by atoms with Crippen LogP contribution in [0.25, 0.3) is 0 Å². The van der Waals surface area contributed by atoms with E-state index >= 15 is 0 Å². The Morgan fingerprint density at radius 1 is 0.839 bits per heavy atom. The Balaban J connectivity index is 1.50. The van der Waals surface area contributed by atoms with Gasteiger partial charge in [-0.15, -0.1) is 0 Å². The fraction of sp³-hybridized carbons (Fsp3) is 0.174. The molecule has 1 aliphatic rings. The first-order chi connectivity index (χ1) is 15.0. The number of para-hydroxylation sites is 1. The second-order valence-corrected chi connectivity index (χ2v) is 8.81. The molecule has 0 atom stereocenters. The van der Waals surface area contributed by atoms with Crippen molar-refractivity contribution < 1.29 is 22.7 Å². The molecule has 8 heteroatoms. The van der Waals surface area contributed by atoms with Crippen LogP contribution in [0.4, 0.5) is 5.69 Å². The van der Waals surface area contributed by atoms with E-state index in [0.29, 0.717) is 30.4 Å². The highest BCUT2D eigenvalue weighted by Gasteiger charge is 2.30. The number of hydrogen-bond acceptors (Lipinski definition) is 5. The van der Waals surface area contributed by atoms with E-state index in [1.165, 1.54) is 16.4 Å². The summed E-state index contributed by atoms with van der Waals surface area (Å²) in [5, 5.41) is 2.76. The molecule has 1 amide bonds. The summed E-state index contributed by atoms with van der Waals surface area (Å²) in [7, 11) is -3.80. The standard InChI is InChI=1S/C23H22N2O5S/c26-23(24-18-10-12-20(13-11-18)30-19-6-2-1-3-7-19)21-8-4-5-9-22(21)31(27,28)25-14-16-29-17-15-25/h1-13H,14-17H2,(H,24,26). The summed E-state index contributed by atoms with van der Waals surface area (Å²) < 4.78 is 38.4. The van der Waals surface area contributed by atoms with Gasteiger partial charge in [-0.3, -0.25) is 4.79 Å². The average molecular weight is 439 g/mol. The van der Waals surface area contributed by atoms with Gasteiger partial charge in [0.2, 0.25) is 10.0 Å². The van der Waals surface area contributed by atoms with Crippen molar-refractivity contribution in [2.24, 2.45) is 0 Å². The molecule has 3 aromatic rings. The van der Waals surface area contributed by atoms with E-state index in [2.05, 4.69) is 5.32 Å². The molecule has 1 N–H and O–H groups in total. The van der Waals surface area contributed by atoms with Crippen LogP contribution in [-0.4, -0.2) is 44.9 Å². The van der Waals surface area contributed by atoms with Crippen molar-refractivity contribution in [3.8, 4) is 11.5 Å². The van der Waals surface area contributed by atoms with Crippen LogP contribution in [0.15, 0.2) is 83.8 Å². The second-order valence-electron chi connectivity index (χ2n) is 6.91. The number of hydrogen-bond donors (Lipinski definition) is 1. The summed E-state index contributed by atoms with van der Waals surface area (Å²) in [6.07, 6.45) is 0. The zero-order chi connectivity index (χ0) is 21.7. The van der Waals surface area contributed by atoms with Crippen molar-refractivity contribution in [2.45, 2.75) is 4.90 Å². The van der Waals surface area contributed by atoms with Crippen molar-refractivity contribution in [2.75, 3.05) is 31.6 Å². The predicted octanol–water partition coefficient (Wildman–Crippen LogP) is 3.75. The first kappa shape index (κ1) is 21.0. The van der Waals surface area contributed by atoms with Gasteiger partial charge >= 0.3 is 0 Å². The lowest BCUT2D eigenvalue weighted by molar-refractivity contribution is 0.0730. The highest BCUT2D eigenvalue weighted by molar-refractivity contribution is 7.89. The van der Waals surface area contributed by atoms with E-state index in [0.717, 1.165) is 0 Å². The molecule has 160 valence electrons. The minimum absolute atomic E-state index is 0.0153. The largest absolute Gasteiger partial charge is 0.457 e. The van der Waals surface area contributed by atoms with E-state index in [4.69, 9.17) is 9.47 Å². The molecule has 7 nitrogen and oxygen atoms in total. The number of nitrogens with zero attached hydrogens (tertiary/aromatic N) is 1. The molecule has 0 aromatic heterocycles. The Morgan fingerprint density at radius 3 is 2.16 bits per heavy atom. The zero-order valence-electron chi connectivity index (χ0n) is 16.7. The third-order valence-corrected chi connectivity index (χ3v) is 6.77. The molecule has 0 aliphatic carbocycles. The molecule has 31 heavy (non-hydrogen) atoms. The molecule has 0 saturated carbocycles. The Morgan fingerprint density at radius 2 is 1.45 bits per heavy atom. The number of carbonyl (C=O) groups is 1. The topological polar surface area (TPSA) is 84.9 Å². The number of morpholine rings is 1. The van der Waals surface area contributed by atoms with Crippen LogP contribution < -0.4 is 10.1 Å². The summed E-state index contributed by atoms with van der Waals surface area (Å²) in [6, 6.07) is 22.5. The monoisotopic (exact) mass is 438 g/mol. The molecule has 1 heterocycles. The van der Waals surface area contributed by atoms with E-state index in [1.807, 2.05) is 30.3 Å². The third kappa shape index (κ3) is 4.93. The van der Waals surface area contributed by atoms with Crippen molar-refractivity contribution in [1.29, 1.82) is 0 Å². The summed E-state index contributed by atoms with van der Waals surface area (Å²) in [5.74, 6) is 0.838. The van der Waals surface area contributed by atoms with Crippen LogP contribution in [0.5, 0.6) is 11.5 Å². The fourth-order valence-electron chi connectivity index (χ4n) is 3.23. The van der Waals surface area contributed by atoms with Crippen LogP contribution in [0.2, 0.25) is 0 Å². The van der Waals surface area contributed by atoms with Gasteiger partial charge in [0.1, 0.15) is 11.5 Å². The molecule has 1 fully saturated rings. The number of benzene rings is 3. The summed E-state index contributed by atoms with van der Waals surface area (Å²) in [6.45, 7) is 1.21. The molecular weight excluding hydrogens is 416 g/mol. The van der Waals surface area contributed by atoms with Gasteiger partial charge in [0, 0.05) is 18.8 Å². The lowest BCUT2D eigenvalue weighted by atomic mass is 10.2. The van der Waals surface area contributed by atoms with Gasteiger partial charge in [-0.05, 0) is 48.5 Å². The maximum absolute atomic E-state index is 13.1. The fourth-order valence-corrected chi connectivity index (χ4v) is 4.83. The predicted molar refractivity (Wildman–Crippen MR) is 117 cm³/mol. The lowest BCUT2D eigenvalue weighted by Crippen LogP contribution is -2.41. The molecule has 1 saturated heterocycles. The van der Waals surface area contributed by atoms with Crippen LogP contribution in [0, 0.1) is 0 Å². The summed E-state index contributed by atoms with van der Waals surface area (Å²) in [4.78, 5) is 12.9. The Bertz CT molecular complexity index is 1140. The SMILES string of the molecule is O=C(Nc1ccc(Oc2ccccc2)cc1)c1ccccc1S(=O)(=O)N1CCOCC1. The minimum Gasteiger partial charge on any atom is -0.457 e. The maximum Gasteiger partial charge on any atom is 0.257 e. The van der Waals surface area contributed by atoms with Gasteiger partial charge in [0.05, 0.1) is 23.7 Å². The van der Waals surface area contributed by atoms with Gasteiger partial charge in [-0.1, -0.05) is 30.3 Å². The quantitative estimate of drug-likeness (QED) is 0.634. The van der Waals surface area contributed by atoms with E-state index < -0.39 is 15.9 Å². The van der Waals surface area contributed by atoms with Gasteiger partial charge in [0.25, 0.3) is 5.91 Å². The molecule has 0 spiro atoms. The molecule has 1 aliphatic heterocycles. The van der Waals surface area contributed by atoms with Gasteiger partial charge in [-0.2, -0.15) is 4.31 Å². The smallest absolute Gasteiger partial charge is 0.257 e. The van der Waals surface area contributed by atoms with Crippen LogP contribution in [0.3, 0.4) is 0 Å². The number of ether oxygens (including phenoxy) is 2. The molecular formula is C23H22N2O5S. The number of rotatable bonds is 6. The molecule has 4 rings (SSSR count). The van der Waals surface area contributed by atoms with Crippen molar-refractivity contribution in [3.05, 3.63) is 84.4 Å². The highest BCUT2D eigenvalue weighted by Crippen LogP contribution is 2.25. The summed E-state index contributed by atoms with van der Waals surface area (Å²) in [5.41, 5.74) is 0.627. The second kappa shape index (κ2) is 9.30. The van der Waals surface area contributed by atoms with Crippen molar-refractivity contribution in [1.82, 2.24) is 4.31 Å². The van der Waals surface area contributed by atoms with E-state index in [9.17, 15) is 13.2 Å². The number of carbonyl (C=O) groups excluding carboxylic acids is 1. The third-order valence-electron chi connectivity index (χ3n) is 4.81. The highest BCUT2D eigenvalue weighted by atomic mass is 32.2. The summed E-state index contributed by atoms with van der Waals surface area (Å²) >= 11 is 0. The lowest BCUT2D eigenvalue weighted by Gasteiger charge is -2.26. The molecule has 3 aromatic carbocycles. The first-order valence-corrected chi connectivity index (χ1v) is 11.3. The minimum atomic E-state index is -3.80. The Kier molecular flexibility index (Phi) is 6.31. The number of anilines is 1.